The molecule has 4 N–H and O–H groups in total. The van der Waals surface area contributed by atoms with Crippen molar-refractivity contribution in [3.63, 3.8) is 0 Å². The van der Waals surface area contributed by atoms with Gasteiger partial charge >= 0.3 is 0 Å². The molecule has 18 nitrogen and oxygen atoms in total. The fourth-order valence-corrected chi connectivity index (χ4v) is 13.2. The summed E-state index contributed by atoms with van der Waals surface area (Å²) in [4.78, 5) is 66.6. The Kier molecular flexibility index (Phi) is 24.2. The number of rotatable bonds is 31. The topological polar surface area (TPSA) is 204 Å². The Morgan fingerprint density at radius 1 is 0.770 bits per heavy atom. The SMILES string of the molecule is CCN(c1cc(-c2ccc(OCCOCCOCCOCCOCCOc3ccc(-c4csc([C@@H]5CCCN5C(=O)C(NC(=O)[C@H](C)NC)C5CCCCC5)n4)c4ccccc34)cc2)cc(C(=O)NCc2c(C)cc(C)[nH]c2=O)c1C)C1CCOCC1. The first kappa shape index (κ1) is 64.8. The number of hydrogen-bond donors (Lipinski definition) is 4. The van der Waals surface area contributed by atoms with Crippen LogP contribution in [0, 0.1) is 26.7 Å². The van der Waals surface area contributed by atoms with Crippen LogP contribution in [0.25, 0.3) is 33.2 Å². The van der Waals surface area contributed by atoms with Crippen LogP contribution < -0.4 is 35.9 Å². The normalized spacial score (nSPS) is 16.4. The molecule has 6 aromatic rings. The molecule has 19 heteroatoms. The van der Waals surface area contributed by atoms with Crippen LogP contribution in [0.3, 0.4) is 0 Å². The smallest absolute Gasteiger partial charge is 0.253 e. The summed E-state index contributed by atoms with van der Waals surface area (Å²) in [6.07, 6.45) is 8.79. The Hall–Kier alpha value is -6.71. The first-order valence-corrected chi connectivity index (χ1v) is 32.2. The molecule has 2 aliphatic heterocycles. The lowest BCUT2D eigenvalue weighted by molar-refractivity contribution is -0.139. The highest BCUT2D eigenvalue weighted by atomic mass is 32.1. The van der Waals surface area contributed by atoms with E-state index in [1.54, 1.807) is 18.4 Å². The molecule has 0 radical (unpaired) electrons. The zero-order chi connectivity index (χ0) is 61.1. The number of nitrogens with zero attached hydrogens (tertiary/aromatic N) is 3. The van der Waals surface area contributed by atoms with Crippen LogP contribution in [0.15, 0.2) is 89.0 Å². The Balaban J connectivity index is 0.658. The van der Waals surface area contributed by atoms with Gasteiger partial charge in [-0.1, -0.05) is 55.7 Å². The van der Waals surface area contributed by atoms with E-state index in [1.807, 2.05) is 87.2 Å². The number of nitrogens with one attached hydrogen (secondary N) is 4. The second-order valence-corrected chi connectivity index (χ2v) is 23.8. The molecule has 468 valence electrons. The fourth-order valence-electron chi connectivity index (χ4n) is 12.2. The van der Waals surface area contributed by atoms with Gasteiger partial charge in [0.05, 0.1) is 70.6 Å². The van der Waals surface area contributed by atoms with Gasteiger partial charge in [-0.2, -0.15) is 0 Å². The number of aryl methyl sites for hydroxylation is 2. The number of ether oxygens (including phenoxy) is 7. The molecule has 3 aliphatic rings. The molecule has 87 heavy (non-hydrogen) atoms. The van der Waals surface area contributed by atoms with Gasteiger partial charge < -0.3 is 63.9 Å². The van der Waals surface area contributed by atoms with Crippen molar-refractivity contribution in [1.29, 1.82) is 0 Å². The van der Waals surface area contributed by atoms with Crippen LogP contribution in [0.2, 0.25) is 0 Å². The third-order valence-electron chi connectivity index (χ3n) is 17.1. The Morgan fingerprint density at radius 3 is 2.10 bits per heavy atom. The first-order chi connectivity index (χ1) is 42.4. The maximum atomic E-state index is 14.4. The Morgan fingerprint density at radius 2 is 1.44 bits per heavy atom. The van der Waals surface area contributed by atoms with Crippen LogP contribution >= 0.6 is 11.3 Å². The molecule has 3 atom stereocenters. The highest BCUT2D eigenvalue weighted by Crippen LogP contribution is 2.41. The molecule has 1 aliphatic carbocycles. The molecule has 1 saturated carbocycles. The summed E-state index contributed by atoms with van der Waals surface area (Å²) in [6.45, 7) is 16.8. The molecule has 2 saturated heterocycles. The quantitative estimate of drug-likeness (QED) is 0.0299. The summed E-state index contributed by atoms with van der Waals surface area (Å²) in [5.41, 5.74) is 8.18. The highest BCUT2D eigenvalue weighted by Gasteiger charge is 2.40. The summed E-state index contributed by atoms with van der Waals surface area (Å²) in [6, 6.07) is 25.4. The minimum absolute atomic E-state index is 0.0127. The van der Waals surface area contributed by atoms with Crippen LogP contribution in [0.1, 0.15) is 115 Å². The number of anilines is 1. The Bertz CT molecular complexity index is 3270. The van der Waals surface area contributed by atoms with Gasteiger partial charge in [-0.3, -0.25) is 19.2 Å². The number of pyridine rings is 1. The van der Waals surface area contributed by atoms with E-state index in [2.05, 4.69) is 62.4 Å². The number of carbonyl (C=O) groups excluding carboxylic acids is 3. The molecule has 0 bridgehead atoms. The molecule has 0 spiro atoms. The van der Waals surface area contributed by atoms with E-state index in [9.17, 15) is 19.2 Å². The van der Waals surface area contributed by atoms with Crippen molar-refractivity contribution >= 4 is 45.5 Å². The van der Waals surface area contributed by atoms with Crippen molar-refractivity contribution in [3.8, 4) is 33.9 Å². The zero-order valence-corrected chi connectivity index (χ0v) is 52.5. The van der Waals surface area contributed by atoms with Crippen LogP contribution in [-0.4, -0.2) is 150 Å². The largest absolute Gasteiger partial charge is 0.491 e. The van der Waals surface area contributed by atoms with Gasteiger partial charge in [0, 0.05) is 77.7 Å². The van der Waals surface area contributed by atoms with Crippen molar-refractivity contribution in [3.05, 3.63) is 128 Å². The number of hydrogen-bond acceptors (Lipinski definition) is 15. The van der Waals surface area contributed by atoms with Crippen molar-refractivity contribution in [2.75, 3.05) is 104 Å². The maximum absolute atomic E-state index is 14.4. The second-order valence-electron chi connectivity index (χ2n) is 22.9. The van der Waals surface area contributed by atoms with Crippen LogP contribution in [0.5, 0.6) is 11.5 Å². The summed E-state index contributed by atoms with van der Waals surface area (Å²) >= 11 is 1.59. The van der Waals surface area contributed by atoms with Gasteiger partial charge in [0.1, 0.15) is 35.8 Å². The van der Waals surface area contributed by atoms with Gasteiger partial charge in [0.15, 0.2) is 0 Å². The Labute approximate surface area is 516 Å². The zero-order valence-electron chi connectivity index (χ0n) is 51.7. The average molecular weight is 1210 g/mol. The summed E-state index contributed by atoms with van der Waals surface area (Å²) < 4.78 is 41.0. The van der Waals surface area contributed by atoms with Crippen molar-refractivity contribution in [1.82, 2.24) is 30.8 Å². The summed E-state index contributed by atoms with van der Waals surface area (Å²) in [5, 5.41) is 14.2. The van der Waals surface area contributed by atoms with E-state index in [-0.39, 0.29) is 47.8 Å². The number of benzene rings is 4. The minimum Gasteiger partial charge on any atom is -0.491 e. The first-order valence-electron chi connectivity index (χ1n) is 31.3. The molecular formula is C68H89N7O11S. The van der Waals surface area contributed by atoms with Crippen molar-refractivity contribution < 1.29 is 47.5 Å². The van der Waals surface area contributed by atoms with Crippen LogP contribution in [-0.2, 0) is 39.8 Å². The lowest BCUT2D eigenvalue weighted by Crippen LogP contribution is -2.55. The van der Waals surface area contributed by atoms with Gasteiger partial charge in [-0.15, -0.1) is 11.3 Å². The molecule has 3 amide bonds. The third-order valence-corrected chi connectivity index (χ3v) is 18.1. The van der Waals surface area contributed by atoms with Gasteiger partial charge in [-0.05, 0) is 156 Å². The number of carbonyl (C=O) groups is 3. The number of aromatic nitrogens is 2. The number of likely N-dealkylation sites (tertiary alicyclic amines) is 1. The summed E-state index contributed by atoms with van der Waals surface area (Å²) in [7, 11) is 1.76. The van der Waals surface area contributed by atoms with E-state index in [0.717, 1.165) is 124 Å². The average Bonchev–Trinajstić information content (AvgIpc) is 2.94. The molecule has 9 rings (SSSR count). The van der Waals surface area contributed by atoms with Gasteiger partial charge in [0.2, 0.25) is 11.8 Å². The lowest BCUT2D eigenvalue weighted by atomic mass is 9.83. The van der Waals surface area contributed by atoms with Gasteiger partial charge in [-0.25, -0.2) is 4.98 Å². The van der Waals surface area contributed by atoms with E-state index in [4.69, 9.17) is 38.1 Å². The number of fused-ring (bicyclic) bond motifs is 1. The second kappa shape index (κ2) is 32.5. The number of amides is 3. The number of aromatic amines is 1. The number of likely N-dealkylation sites (N-methyl/N-ethyl adjacent to an activating group) is 1. The summed E-state index contributed by atoms with van der Waals surface area (Å²) in [5.74, 6) is 1.25. The molecule has 1 unspecified atom stereocenters. The highest BCUT2D eigenvalue weighted by molar-refractivity contribution is 7.10. The standard InChI is InChI=1S/C68H89N7O11S/c1-7-74(52-25-28-80-29-26-52)61-42-51(41-57(47(61)4)65(77)70-43-58-45(2)40-46(3)71-66(58)78)49-19-21-53(22-20-49)85-38-36-83-34-32-81-30-31-82-33-35-84-37-39-86-62-24-23-55(54-16-11-12-17-56(54)62)59-44-87-67(72-59)60-18-13-27-75(60)68(79)63(50-14-9-8-10-15-50)73-64(76)48(5)69-6/h11-12,16-17,19-24,40-42,44,48,50,52,60,63,69H,7-10,13-15,18,25-39,43H2,1-6H3,(H,70,77)(H,71,78)(H,73,76)/t48-,60-,63?/m0/s1. The molecular weight excluding hydrogens is 1120 g/mol. The van der Waals surface area contributed by atoms with Crippen LogP contribution in [0.4, 0.5) is 5.69 Å². The number of thiazole rings is 1. The molecule has 4 heterocycles. The fraction of sp³-hybridized carbons (Fsp3) is 0.515. The molecule has 3 fully saturated rings. The predicted octanol–water partition coefficient (Wildman–Crippen LogP) is 10.0. The van der Waals surface area contributed by atoms with E-state index < -0.39 is 6.04 Å². The third kappa shape index (κ3) is 17.1. The van der Waals surface area contributed by atoms with E-state index in [1.165, 1.54) is 6.42 Å². The molecule has 4 aromatic carbocycles. The van der Waals surface area contributed by atoms with Crippen molar-refractivity contribution in [2.24, 2.45) is 5.92 Å². The van der Waals surface area contributed by atoms with Crippen molar-refractivity contribution in [2.45, 2.75) is 123 Å². The van der Waals surface area contributed by atoms with E-state index in [0.29, 0.717) is 109 Å². The predicted molar refractivity (Wildman–Crippen MR) is 341 cm³/mol. The monoisotopic (exact) mass is 1210 g/mol. The lowest BCUT2D eigenvalue weighted by Gasteiger charge is -2.37. The maximum Gasteiger partial charge on any atom is 0.253 e. The van der Waals surface area contributed by atoms with E-state index >= 15 is 0 Å². The minimum atomic E-state index is -0.533. The van der Waals surface area contributed by atoms with Gasteiger partial charge in [0.25, 0.3) is 11.5 Å². The molecule has 2 aromatic heterocycles. The number of H-pyrrole nitrogens is 1.